The Labute approximate surface area is 167 Å². The molecule has 0 aliphatic carbocycles. The van der Waals surface area contributed by atoms with E-state index in [-0.39, 0.29) is 23.6 Å². The second-order valence-corrected chi connectivity index (χ2v) is 6.73. The molecule has 0 saturated carbocycles. The van der Waals surface area contributed by atoms with E-state index in [1.807, 2.05) is 0 Å². The van der Waals surface area contributed by atoms with Gasteiger partial charge in [-0.05, 0) is 19.3 Å². The molecule has 0 aromatic heterocycles. The van der Waals surface area contributed by atoms with Crippen LogP contribution in [-0.2, 0) is 14.4 Å². The highest BCUT2D eigenvalue weighted by Crippen LogP contribution is 2.06. The maximum Gasteiger partial charge on any atom is 0.331 e. The molecule has 0 spiro atoms. The van der Waals surface area contributed by atoms with Gasteiger partial charge in [0.05, 0.1) is 27.7 Å². The smallest absolute Gasteiger partial charge is 0.331 e. The van der Waals surface area contributed by atoms with Crippen molar-refractivity contribution in [3.05, 3.63) is 35.5 Å². The van der Waals surface area contributed by atoms with Gasteiger partial charge in [-0.15, -0.1) is 0 Å². The summed E-state index contributed by atoms with van der Waals surface area (Å²) in [5, 5.41) is 25.8. The van der Waals surface area contributed by atoms with Crippen LogP contribution in [0.2, 0.25) is 0 Å². The summed E-state index contributed by atoms with van der Waals surface area (Å²) in [6.07, 6.45) is 4.91. The lowest BCUT2D eigenvalue weighted by atomic mass is 10.1. The van der Waals surface area contributed by atoms with Crippen LogP contribution in [0.5, 0.6) is 0 Å². The number of aliphatic carboxylic acids is 3. The van der Waals surface area contributed by atoms with Gasteiger partial charge in [0.2, 0.25) is 0 Å². The summed E-state index contributed by atoms with van der Waals surface area (Å²) in [5.41, 5.74) is 0.720. The molecule has 0 saturated heterocycles. The molecule has 0 rings (SSSR count). The third-order valence-corrected chi connectivity index (χ3v) is 3.41. The summed E-state index contributed by atoms with van der Waals surface area (Å²) in [6.45, 7) is 7.86. The number of allylic oxidation sites excluding steroid dienone is 2. The average molecular weight is 406 g/mol. The van der Waals surface area contributed by atoms with Gasteiger partial charge in [0.15, 0.2) is 0 Å². The van der Waals surface area contributed by atoms with E-state index in [1.54, 1.807) is 13.8 Å². The van der Waals surface area contributed by atoms with Gasteiger partial charge in [-0.25, -0.2) is 14.4 Å². The summed E-state index contributed by atoms with van der Waals surface area (Å²) in [4.78, 5) is 31.5. The first-order valence-corrected chi connectivity index (χ1v) is 8.43. The quantitative estimate of drug-likeness (QED) is 0.267. The molecule has 156 valence electrons. The lowest BCUT2D eigenvalue weighted by Crippen LogP contribution is -3.00. The van der Waals surface area contributed by atoms with Gasteiger partial charge in [-0.3, -0.25) is 0 Å². The number of rotatable bonds is 10. The van der Waals surface area contributed by atoms with Crippen molar-refractivity contribution in [3.8, 4) is 0 Å². The van der Waals surface area contributed by atoms with Gasteiger partial charge in [0.1, 0.15) is 0 Å². The largest absolute Gasteiger partial charge is 1.00 e. The van der Waals surface area contributed by atoms with Crippen molar-refractivity contribution in [2.75, 3.05) is 27.7 Å². The van der Waals surface area contributed by atoms with Crippen LogP contribution in [0.25, 0.3) is 0 Å². The maximum atomic E-state index is 10.6. The molecule has 3 N–H and O–H groups in total. The monoisotopic (exact) mass is 405 g/mol. The Morgan fingerprint density at radius 3 is 1.44 bits per heavy atom. The molecule has 8 heteroatoms. The van der Waals surface area contributed by atoms with E-state index in [9.17, 15) is 14.4 Å². The summed E-state index contributed by atoms with van der Waals surface area (Å²) in [7, 11) is 6.26. The minimum Gasteiger partial charge on any atom is -1.00 e. The number of hydrogen-bond donors (Lipinski definition) is 3. The molecule has 0 amide bonds. The molecular weight excluding hydrogens is 374 g/mol. The fourth-order valence-electron chi connectivity index (χ4n) is 1.76. The zero-order valence-corrected chi connectivity index (χ0v) is 17.5. The Balaban J connectivity index is -0.000000416. The van der Waals surface area contributed by atoms with E-state index >= 15 is 0 Å². The predicted octanol–water partition coefficient (Wildman–Crippen LogP) is -0.0540. The first-order valence-electron chi connectivity index (χ1n) is 8.43. The van der Waals surface area contributed by atoms with Crippen LogP contribution < -0.4 is 12.4 Å². The van der Waals surface area contributed by atoms with Crippen molar-refractivity contribution >= 4 is 17.9 Å². The first kappa shape index (κ1) is 29.6. The first-order chi connectivity index (χ1) is 11.9. The fourth-order valence-corrected chi connectivity index (χ4v) is 1.76. The van der Waals surface area contributed by atoms with Crippen LogP contribution >= 0.6 is 0 Å². The topological polar surface area (TPSA) is 112 Å². The third-order valence-electron chi connectivity index (χ3n) is 3.41. The molecule has 0 aliphatic heterocycles. The molecule has 0 bridgehead atoms. The molecule has 7 nitrogen and oxygen atoms in total. The molecule has 0 unspecified atom stereocenters. The Morgan fingerprint density at radius 1 is 0.852 bits per heavy atom. The fraction of sp³-hybridized carbons (Fsp3) is 0.526. The predicted molar refractivity (Wildman–Crippen MR) is 101 cm³/mol. The number of carboxylic acid groups (broad SMARTS) is 3. The minimum absolute atomic E-state index is 0. The zero-order valence-electron chi connectivity index (χ0n) is 16.8. The van der Waals surface area contributed by atoms with Crippen LogP contribution in [0.15, 0.2) is 35.5 Å². The molecule has 0 heterocycles. The summed E-state index contributed by atoms with van der Waals surface area (Å²) >= 11 is 0. The SMILES string of the molecule is C=C(CCC[N+](C)(C)C)C(=O)O.CCC(=CC=C(CC)C(=O)O)C(=O)O.[Cl-]. The Morgan fingerprint density at radius 2 is 1.22 bits per heavy atom. The Hall–Kier alpha value is -2.12. The molecule has 0 aromatic rings. The van der Waals surface area contributed by atoms with Gasteiger partial charge in [-0.1, -0.05) is 32.6 Å². The van der Waals surface area contributed by atoms with E-state index in [0.717, 1.165) is 17.4 Å². The van der Waals surface area contributed by atoms with Crippen molar-refractivity contribution in [3.63, 3.8) is 0 Å². The van der Waals surface area contributed by atoms with Gasteiger partial charge in [-0.2, -0.15) is 0 Å². The van der Waals surface area contributed by atoms with Crippen molar-refractivity contribution in [1.29, 1.82) is 0 Å². The lowest BCUT2D eigenvalue weighted by molar-refractivity contribution is -0.870. The second kappa shape index (κ2) is 15.0. The molecule has 0 radical (unpaired) electrons. The standard InChI is InChI=1S/C10H14O4.C9H17NO2.ClH/c1-3-7(9(11)12)5-6-8(4-2)10(13)14;1-8(9(11)12)6-5-7-10(2,3)4;/h5-6H,3-4H2,1-2H3,(H,11,12)(H,13,14);1,5-7H2,2-4H3;1H. The van der Waals surface area contributed by atoms with Crippen molar-refractivity contribution < 1.29 is 46.6 Å². The van der Waals surface area contributed by atoms with E-state index < -0.39 is 17.9 Å². The normalized spacial score (nSPS) is 11.6. The van der Waals surface area contributed by atoms with Crippen molar-refractivity contribution in [1.82, 2.24) is 0 Å². The van der Waals surface area contributed by atoms with E-state index in [0.29, 0.717) is 24.8 Å². The van der Waals surface area contributed by atoms with Gasteiger partial charge in [0, 0.05) is 23.1 Å². The van der Waals surface area contributed by atoms with E-state index in [2.05, 4.69) is 27.7 Å². The molecule has 0 fully saturated rings. The van der Waals surface area contributed by atoms with E-state index in [1.165, 1.54) is 12.2 Å². The number of hydrogen-bond acceptors (Lipinski definition) is 3. The zero-order chi connectivity index (χ0) is 20.9. The summed E-state index contributed by atoms with van der Waals surface area (Å²) in [5.74, 6) is -2.90. The van der Waals surface area contributed by atoms with E-state index in [4.69, 9.17) is 15.3 Å². The molecule has 27 heavy (non-hydrogen) atoms. The number of quaternary nitrogens is 1. The highest BCUT2D eigenvalue weighted by atomic mass is 35.5. The van der Waals surface area contributed by atoms with Crippen LogP contribution in [-0.4, -0.2) is 65.4 Å². The van der Waals surface area contributed by atoms with Crippen LogP contribution in [0, 0.1) is 0 Å². The van der Waals surface area contributed by atoms with Crippen molar-refractivity contribution in [2.45, 2.75) is 39.5 Å². The average Bonchev–Trinajstić information content (AvgIpc) is 2.50. The molecular formula is C19H32ClNO6. The lowest BCUT2D eigenvalue weighted by Gasteiger charge is -2.23. The highest BCUT2D eigenvalue weighted by Gasteiger charge is 2.09. The summed E-state index contributed by atoms with van der Waals surface area (Å²) in [6, 6.07) is 0. The number of halogens is 1. The number of carboxylic acids is 3. The molecule has 0 aliphatic rings. The van der Waals surface area contributed by atoms with Crippen LogP contribution in [0.4, 0.5) is 0 Å². The maximum absolute atomic E-state index is 10.6. The van der Waals surface area contributed by atoms with Crippen LogP contribution in [0.1, 0.15) is 39.5 Å². The molecule has 0 atom stereocenters. The van der Waals surface area contributed by atoms with Crippen LogP contribution in [0.3, 0.4) is 0 Å². The van der Waals surface area contributed by atoms with Gasteiger partial charge >= 0.3 is 17.9 Å². The summed E-state index contributed by atoms with van der Waals surface area (Å²) < 4.78 is 0.868. The second-order valence-electron chi connectivity index (χ2n) is 6.73. The van der Waals surface area contributed by atoms with Gasteiger partial charge in [0.25, 0.3) is 0 Å². The Kier molecular flexibility index (Phi) is 16.5. The molecule has 0 aromatic carbocycles. The van der Waals surface area contributed by atoms with Gasteiger partial charge < -0.3 is 32.2 Å². The minimum atomic E-state index is -1.01. The van der Waals surface area contributed by atoms with Crippen molar-refractivity contribution in [2.24, 2.45) is 0 Å². The highest BCUT2D eigenvalue weighted by molar-refractivity contribution is 5.89. The third kappa shape index (κ3) is 17.1. The Bertz CT molecular complexity index is 543. The number of carbonyl (C=O) groups is 3. The number of nitrogens with zero attached hydrogens (tertiary/aromatic N) is 1.